The molecule has 4 rings (SSSR count). The molecular weight excluding hydrogens is 364 g/mol. The second kappa shape index (κ2) is 6.56. The number of benzene rings is 1. The minimum Gasteiger partial charge on any atom is -0.493 e. The normalized spacial score (nSPS) is 15.0. The molecule has 0 bridgehead atoms. The minimum atomic E-state index is -3.36. The fourth-order valence-corrected chi connectivity index (χ4v) is 4.13. The van der Waals surface area contributed by atoms with Crippen molar-refractivity contribution in [2.24, 2.45) is 5.92 Å². The van der Waals surface area contributed by atoms with E-state index in [0.717, 1.165) is 16.5 Å². The number of fused-ring (bicyclic) bond motifs is 1. The molecule has 0 saturated heterocycles. The molecule has 1 aromatic carbocycles. The quantitative estimate of drug-likeness (QED) is 0.703. The van der Waals surface area contributed by atoms with E-state index in [4.69, 9.17) is 4.74 Å². The Labute approximate surface area is 157 Å². The zero-order valence-electron chi connectivity index (χ0n) is 15.3. The molecule has 0 radical (unpaired) electrons. The number of sulfone groups is 1. The maximum absolute atomic E-state index is 12.1. The number of hydrogen-bond donors (Lipinski definition) is 2. The molecule has 0 aliphatic heterocycles. The van der Waals surface area contributed by atoms with Crippen molar-refractivity contribution >= 4 is 20.7 Å². The summed E-state index contributed by atoms with van der Waals surface area (Å²) in [6.45, 7) is 2.53. The zero-order valence-corrected chi connectivity index (χ0v) is 16.2. The topological polar surface area (TPSA) is 92.0 Å². The number of hydrogen-bond acceptors (Lipinski definition) is 4. The summed E-state index contributed by atoms with van der Waals surface area (Å²) in [6.07, 6.45) is 8.16. The van der Waals surface area contributed by atoms with Crippen LogP contribution in [0.1, 0.15) is 24.8 Å². The first-order valence-electron chi connectivity index (χ1n) is 9.01. The Morgan fingerprint density at radius 2 is 1.93 bits per heavy atom. The van der Waals surface area contributed by atoms with Crippen LogP contribution in [-0.2, 0) is 9.84 Å². The third-order valence-corrected chi connectivity index (χ3v) is 6.40. The van der Waals surface area contributed by atoms with Gasteiger partial charge in [0.25, 0.3) is 5.56 Å². The van der Waals surface area contributed by atoms with Crippen LogP contribution in [0, 0.1) is 12.8 Å². The summed E-state index contributed by atoms with van der Waals surface area (Å²) in [7, 11) is -3.36. The van der Waals surface area contributed by atoms with Gasteiger partial charge in [0.05, 0.1) is 11.5 Å². The van der Waals surface area contributed by atoms with Gasteiger partial charge >= 0.3 is 0 Å². The molecule has 6 nitrogen and oxygen atoms in total. The lowest BCUT2D eigenvalue weighted by Crippen LogP contribution is -2.19. The van der Waals surface area contributed by atoms with Crippen molar-refractivity contribution in [3.05, 3.63) is 46.5 Å². The molecule has 0 unspecified atom stereocenters. The van der Waals surface area contributed by atoms with E-state index in [1.54, 1.807) is 30.6 Å². The number of nitrogens with one attached hydrogen (secondary N) is 2. The highest BCUT2D eigenvalue weighted by Crippen LogP contribution is 2.38. The average Bonchev–Trinajstić information content (AvgIpc) is 3.02. The molecule has 3 aromatic rings. The summed E-state index contributed by atoms with van der Waals surface area (Å²) < 4.78 is 30.2. The number of aryl methyl sites for hydroxylation is 1. The number of aromatic nitrogens is 2. The van der Waals surface area contributed by atoms with Crippen LogP contribution in [0.25, 0.3) is 22.0 Å². The third-order valence-electron chi connectivity index (χ3n) is 5.29. The lowest BCUT2D eigenvalue weighted by atomic mass is 9.86. The molecule has 7 heteroatoms. The molecule has 0 atom stereocenters. The van der Waals surface area contributed by atoms with Crippen molar-refractivity contribution in [2.45, 2.75) is 31.1 Å². The second-order valence-corrected chi connectivity index (χ2v) is 9.31. The molecule has 1 aliphatic rings. The molecule has 1 saturated carbocycles. The molecule has 1 fully saturated rings. The number of H-pyrrole nitrogens is 2. The minimum absolute atomic E-state index is 0.210. The second-order valence-electron chi connectivity index (χ2n) is 7.29. The summed E-state index contributed by atoms with van der Waals surface area (Å²) in [5, 5.41) is 0.776. The monoisotopic (exact) mass is 386 g/mol. The Morgan fingerprint density at radius 3 is 2.59 bits per heavy atom. The summed E-state index contributed by atoms with van der Waals surface area (Å²) in [4.78, 5) is 18.1. The Kier molecular flexibility index (Phi) is 4.34. The van der Waals surface area contributed by atoms with Crippen LogP contribution < -0.4 is 10.3 Å². The molecule has 2 aromatic heterocycles. The van der Waals surface area contributed by atoms with Gasteiger partial charge in [0.2, 0.25) is 0 Å². The van der Waals surface area contributed by atoms with Gasteiger partial charge in [-0.1, -0.05) is 6.42 Å². The van der Waals surface area contributed by atoms with Crippen molar-refractivity contribution in [3.8, 4) is 16.9 Å². The van der Waals surface area contributed by atoms with E-state index >= 15 is 0 Å². The van der Waals surface area contributed by atoms with Gasteiger partial charge in [-0.15, -0.1) is 0 Å². The van der Waals surface area contributed by atoms with Crippen LogP contribution >= 0.6 is 0 Å². The van der Waals surface area contributed by atoms with Gasteiger partial charge in [0.1, 0.15) is 11.3 Å². The highest BCUT2D eigenvalue weighted by Gasteiger charge is 2.21. The molecule has 0 amide bonds. The van der Waals surface area contributed by atoms with Crippen molar-refractivity contribution in [1.29, 1.82) is 0 Å². The first kappa shape index (κ1) is 17.9. The van der Waals surface area contributed by atoms with E-state index in [0.29, 0.717) is 29.4 Å². The van der Waals surface area contributed by atoms with Crippen LogP contribution in [0.5, 0.6) is 5.75 Å². The maximum Gasteiger partial charge on any atom is 0.272 e. The number of aromatic amines is 2. The molecule has 27 heavy (non-hydrogen) atoms. The first-order valence-corrected chi connectivity index (χ1v) is 10.9. The predicted molar refractivity (Wildman–Crippen MR) is 105 cm³/mol. The van der Waals surface area contributed by atoms with Gasteiger partial charge < -0.3 is 14.7 Å². The fourth-order valence-electron chi connectivity index (χ4n) is 3.49. The van der Waals surface area contributed by atoms with Crippen molar-refractivity contribution < 1.29 is 13.2 Å². The van der Waals surface area contributed by atoms with Crippen LogP contribution in [0.4, 0.5) is 0 Å². The van der Waals surface area contributed by atoms with E-state index in [1.807, 2.05) is 6.92 Å². The number of pyridine rings is 1. The van der Waals surface area contributed by atoms with E-state index < -0.39 is 9.84 Å². The smallest absolute Gasteiger partial charge is 0.272 e. The van der Waals surface area contributed by atoms with Gasteiger partial charge in [0.15, 0.2) is 9.84 Å². The standard InChI is InChI=1S/C20H22N2O4S/c1-12-9-22-20(23)19-18(12)16(10-21-19)15-8-14(27(2,24)25)6-7-17(15)26-11-13-4-3-5-13/h6-10,13,21H,3-5,11H2,1-2H3,(H,22,23). The lowest BCUT2D eigenvalue weighted by Gasteiger charge is -2.25. The summed E-state index contributed by atoms with van der Waals surface area (Å²) in [5.41, 5.74) is 2.60. The van der Waals surface area contributed by atoms with Gasteiger partial charge in [0, 0.05) is 35.2 Å². The van der Waals surface area contributed by atoms with Crippen molar-refractivity contribution in [2.75, 3.05) is 12.9 Å². The molecule has 2 N–H and O–H groups in total. The largest absolute Gasteiger partial charge is 0.493 e. The summed E-state index contributed by atoms with van der Waals surface area (Å²) in [6, 6.07) is 4.92. The average molecular weight is 386 g/mol. The predicted octanol–water partition coefficient (Wildman–Crippen LogP) is 3.41. The molecular formula is C20H22N2O4S. The Bertz CT molecular complexity index is 1170. The molecule has 2 heterocycles. The van der Waals surface area contributed by atoms with Crippen molar-refractivity contribution in [3.63, 3.8) is 0 Å². The Balaban J connectivity index is 1.88. The Hall–Kier alpha value is -2.54. The van der Waals surface area contributed by atoms with Gasteiger partial charge in [-0.3, -0.25) is 4.79 Å². The number of ether oxygens (including phenoxy) is 1. The highest BCUT2D eigenvalue weighted by atomic mass is 32.2. The third kappa shape index (κ3) is 3.27. The molecule has 0 spiro atoms. The SMILES string of the molecule is Cc1c[nH]c(=O)c2[nH]cc(-c3cc(S(C)(=O)=O)ccc3OCC3CCC3)c12. The zero-order chi connectivity index (χ0) is 19.2. The fraction of sp³-hybridized carbons (Fsp3) is 0.350. The van der Waals surface area contributed by atoms with Crippen LogP contribution in [-0.4, -0.2) is 31.2 Å². The van der Waals surface area contributed by atoms with Crippen LogP contribution in [0.15, 0.2) is 40.3 Å². The number of rotatable bonds is 5. The first-order chi connectivity index (χ1) is 12.8. The van der Waals surface area contributed by atoms with Gasteiger partial charge in [-0.05, 0) is 49.4 Å². The Morgan fingerprint density at radius 1 is 1.15 bits per heavy atom. The summed E-state index contributed by atoms with van der Waals surface area (Å²) >= 11 is 0. The van der Waals surface area contributed by atoms with Crippen LogP contribution in [0.3, 0.4) is 0 Å². The van der Waals surface area contributed by atoms with E-state index in [1.165, 1.54) is 25.5 Å². The molecule has 142 valence electrons. The lowest BCUT2D eigenvalue weighted by molar-refractivity contribution is 0.181. The highest BCUT2D eigenvalue weighted by molar-refractivity contribution is 7.90. The summed E-state index contributed by atoms with van der Waals surface area (Å²) in [5.74, 6) is 1.19. The molecule has 1 aliphatic carbocycles. The van der Waals surface area contributed by atoms with Crippen LogP contribution in [0.2, 0.25) is 0 Å². The van der Waals surface area contributed by atoms with E-state index in [9.17, 15) is 13.2 Å². The van der Waals surface area contributed by atoms with E-state index in [-0.39, 0.29) is 10.5 Å². The van der Waals surface area contributed by atoms with E-state index in [2.05, 4.69) is 9.97 Å². The van der Waals surface area contributed by atoms with Gasteiger partial charge in [-0.25, -0.2) is 8.42 Å². The van der Waals surface area contributed by atoms with Crippen molar-refractivity contribution in [1.82, 2.24) is 9.97 Å². The maximum atomic E-state index is 12.1. The van der Waals surface area contributed by atoms with Gasteiger partial charge in [-0.2, -0.15) is 0 Å².